The van der Waals surface area contributed by atoms with Crippen LogP contribution in [0.25, 0.3) is 11.1 Å². The van der Waals surface area contributed by atoms with Gasteiger partial charge >= 0.3 is 0 Å². The van der Waals surface area contributed by atoms with E-state index in [0.29, 0.717) is 0 Å². The fourth-order valence-electron chi connectivity index (χ4n) is 4.41. The fourth-order valence-corrected chi connectivity index (χ4v) is 4.41. The Balaban J connectivity index is 1.72. The van der Waals surface area contributed by atoms with Crippen molar-refractivity contribution in [3.05, 3.63) is 83.4 Å². The van der Waals surface area contributed by atoms with Gasteiger partial charge in [0.1, 0.15) is 6.67 Å². The Hall–Kier alpha value is -3.07. The van der Waals surface area contributed by atoms with E-state index in [-0.39, 0.29) is 10.8 Å². The van der Waals surface area contributed by atoms with E-state index in [4.69, 9.17) is 5.10 Å². The summed E-state index contributed by atoms with van der Waals surface area (Å²) >= 11 is 0. The molecule has 0 bridgehead atoms. The molecule has 2 aliphatic heterocycles. The predicted molar refractivity (Wildman–Crippen MR) is 132 cm³/mol. The zero-order valence-corrected chi connectivity index (χ0v) is 19.4. The number of rotatable bonds is 1. The van der Waals surface area contributed by atoms with Crippen LogP contribution in [0.5, 0.6) is 0 Å². The lowest BCUT2D eigenvalue weighted by molar-refractivity contribution is 0.589. The Labute approximate surface area is 186 Å². The zero-order chi connectivity index (χ0) is 22.0. The topological polar surface area (TPSA) is 18.8 Å². The Morgan fingerprint density at radius 1 is 0.677 bits per heavy atom. The van der Waals surface area contributed by atoms with Gasteiger partial charge in [0.15, 0.2) is 5.84 Å². The van der Waals surface area contributed by atoms with E-state index in [9.17, 15) is 0 Å². The molecule has 0 spiro atoms. The highest BCUT2D eigenvalue weighted by Crippen LogP contribution is 2.44. The van der Waals surface area contributed by atoms with E-state index >= 15 is 0 Å². The maximum atomic E-state index is 5.06. The highest BCUT2D eigenvalue weighted by molar-refractivity contribution is 6.20. The first-order chi connectivity index (χ1) is 14.6. The van der Waals surface area contributed by atoms with Gasteiger partial charge in [0.25, 0.3) is 0 Å². The Morgan fingerprint density at radius 3 is 1.94 bits per heavy atom. The average Bonchev–Trinajstić information content (AvgIpc) is 3.18. The van der Waals surface area contributed by atoms with Crippen LogP contribution in [-0.2, 0) is 10.8 Å². The number of benzene rings is 3. The van der Waals surface area contributed by atoms with Crippen LogP contribution in [0.3, 0.4) is 0 Å². The minimum atomic E-state index is 0.0987. The largest absolute Gasteiger partial charge is 0.304 e. The van der Waals surface area contributed by atoms with Gasteiger partial charge < -0.3 is 4.90 Å². The van der Waals surface area contributed by atoms with Crippen LogP contribution in [-0.4, -0.2) is 12.5 Å². The van der Waals surface area contributed by atoms with Gasteiger partial charge in [0, 0.05) is 11.1 Å². The Bertz CT molecular complexity index is 1180. The number of amidine groups is 1. The Morgan fingerprint density at radius 2 is 1.29 bits per heavy atom. The molecule has 158 valence electrons. The van der Waals surface area contributed by atoms with Crippen LogP contribution in [0.4, 0.5) is 11.4 Å². The van der Waals surface area contributed by atoms with Gasteiger partial charge in [-0.25, -0.2) is 5.01 Å². The van der Waals surface area contributed by atoms with Crippen molar-refractivity contribution in [3.63, 3.8) is 0 Å². The van der Waals surface area contributed by atoms with Crippen molar-refractivity contribution in [2.24, 2.45) is 5.10 Å². The number of fused-ring (bicyclic) bond motifs is 6. The molecule has 0 saturated carbocycles. The summed E-state index contributed by atoms with van der Waals surface area (Å²) in [5.41, 5.74) is 9.08. The average molecular weight is 410 g/mol. The summed E-state index contributed by atoms with van der Waals surface area (Å²) in [5, 5.41) is 7.16. The maximum absolute atomic E-state index is 5.06. The molecule has 0 aliphatic carbocycles. The summed E-state index contributed by atoms with van der Waals surface area (Å²) < 4.78 is 0. The van der Waals surface area contributed by atoms with Gasteiger partial charge in [-0.2, -0.15) is 5.10 Å². The summed E-state index contributed by atoms with van der Waals surface area (Å²) in [6.07, 6.45) is 0. The smallest absolute Gasteiger partial charge is 0.163 e. The number of nitrogens with zero attached hydrogens (tertiary/aromatic N) is 3. The summed E-state index contributed by atoms with van der Waals surface area (Å²) in [6, 6.07) is 24.3. The molecule has 3 aromatic carbocycles. The van der Waals surface area contributed by atoms with Gasteiger partial charge in [-0.15, -0.1) is 0 Å². The van der Waals surface area contributed by atoms with Crippen molar-refractivity contribution in [2.45, 2.75) is 52.4 Å². The maximum Gasteiger partial charge on any atom is 0.163 e. The standard InChI is InChI=1S/C28H31N3/c1-27(2,3)19-12-14-22-23(16-19)24-17-20(28(4,5)6)13-15-25(24)30-18-31(29-26(22)30)21-10-8-7-9-11-21/h7-17H,18H2,1-6H3. The predicted octanol–water partition coefficient (Wildman–Crippen LogP) is 6.91. The molecule has 0 aromatic heterocycles. The van der Waals surface area contributed by atoms with E-state index < -0.39 is 0 Å². The molecule has 0 unspecified atom stereocenters. The molecule has 3 aromatic rings. The molecule has 2 aliphatic rings. The van der Waals surface area contributed by atoms with Crippen molar-refractivity contribution in [3.8, 4) is 11.1 Å². The molecule has 3 heteroatoms. The fraction of sp³-hybridized carbons (Fsp3) is 0.321. The van der Waals surface area contributed by atoms with Gasteiger partial charge in [-0.05, 0) is 57.9 Å². The highest BCUT2D eigenvalue weighted by atomic mass is 15.6. The van der Waals surface area contributed by atoms with Crippen molar-refractivity contribution in [1.29, 1.82) is 0 Å². The van der Waals surface area contributed by atoms with Gasteiger partial charge in [-0.1, -0.05) is 77.9 Å². The lowest BCUT2D eigenvalue weighted by Crippen LogP contribution is -2.34. The van der Waals surface area contributed by atoms with E-state index in [1.807, 2.05) is 6.07 Å². The lowest BCUT2D eigenvalue weighted by Gasteiger charge is -2.32. The minimum Gasteiger partial charge on any atom is -0.304 e. The molecule has 0 N–H and O–H groups in total. The first-order valence-corrected chi connectivity index (χ1v) is 11.1. The third-order valence-corrected chi connectivity index (χ3v) is 6.37. The summed E-state index contributed by atoms with van der Waals surface area (Å²) in [6.45, 7) is 14.4. The molecule has 0 radical (unpaired) electrons. The second kappa shape index (κ2) is 6.71. The highest BCUT2D eigenvalue weighted by Gasteiger charge is 2.35. The van der Waals surface area contributed by atoms with Crippen molar-refractivity contribution in [1.82, 2.24) is 0 Å². The molecule has 5 rings (SSSR count). The van der Waals surface area contributed by atoms with Gasteiger partial charge in [0.05, 0.1) is 11.4 Å². The molecule has 0 atom stereocenters. The monoisotopic (exact) mass is 409 g/mol. The summed E-state index contributed by atoms with van der Waals surface area (Å²) in [7, 11) is 0. The second-order valence-electron chi connectivity index (χ2n) is 10.7. The molecular weight excluding hydrogens is 378 g/mol. The SMILES string of the molecule is CC(C)(C)c1ccc2c(c1)-c1cc(C(C)(C)C)ccc1N1CN(c3ccccc3)N=C21. The van der Waals surface area contributed by atoms with Crippen LogP contribution in [0.1, 0.15) is 58.2 Å². The molecule has 0 amide bonds. The molecular formula is C28H31N3. The molecule has 2 heterocycles. The quantitative estimate of drug-likeness (QED) is 0.435. The molecule has 31 heavy (non-hydrogen) atoms. The third-order valence-electron chi connectivity index (χ3n) is 6.37. The molecule has 3 nitrogen and oxygen atoms in total. The van der Waals surface area contributed by atoms with E-state index in [2.05, 4.69) is 112 Å². The normalized spacial score (nSPS) is 15.4. The summed E-state index contributed by atoms with van der Waals surface area (Å²) in [5.74, 6) is 1.04. The second-order valence-corrected chi connectivity index (χ2v) is 10.7. The van der Waals surface area contributed by atoms with E-state index in [1.165, 1.54) is 33.5 Å². The number of anilines is 2. The van der Waals surface area contributed by atoms with Crippen LogP contribution in [0.2, 0.25) is 0 Å². The minimum absolute atomic E-state index is 0.0987. The first kappa shape index (κ1) is 19.9. The first-order valence-electron chi connectivity index (χ1n) is 11.1. The lowest BCUT2D eigenvalue weighted by atomic mass is 9.80. The van der Waals surface area contributed by atoms with Crippen LogP contribution in [0.15, 0.2) is 71.8 Å². The van der Waals surface area contributed by atoms with E-state index in [0.717, 1.165) is 18.2 Å². The van der Waals surface area contributed by atoms with Crippen molar-refractivity contribution >= 4 is 17.2 Å². The Kier molecular flexibility index (Phi) is 4.30. The van der Waals surface area contributed by atoms with Crippen molar-refractivity contribution < 1.29 is 0 Å². The molecule has 0 saturated heterocycles. The van der Waals surface area contributed by atoms with Crippen LogP contribution in [0, 0.1) is 0 Å². The summed E-state index contributed by atoms with van der Waals surface area (Å²) in [4.78, 5) is 2.36. The number of hydrogen-bond donors (Lipinski definition) is 0. The number of hydrazone groups is 1. The number of para-hydroxylation sites is 1. The van der Waals surface area contributed by atoms with E-state index in [1.54, 1.807) is 0 Å². The van der Waals surface area contributed by atoms with Crippen LogP contribution < -0.4 is 9.91 Å². The van der Waals surface area contributed by atoms with Crippen molar-refractivity contribution in [2.75, 3.05) is 16.6 Å². The third kappa shape index (κ3) is 3.33. The van der Waals surface area contributed by atoms with Gasteiger partial charge in [-0.3, -0.25) is 0 Å². The van der Waals surface area contributed by atoms with Crippen LogP contribution >= 0.6 is 0 Å². The molecule has 0 fully saturated rings. The number of hydrogen-bond acceptors (Lipinski definition) is 3. The van der Waals surface area contributed by atoms with Gasteiger partial charge in [0.2, 0.25) is 0 Å². The zero-order valence-electron chi connectivity index (χ0n) is 19.4.